The summed E-state index contributed by atoms with van der Waals surface area (Å²) in [6.07, 6.45) is 0.139. The van der Waals surface area contributed by atoms with E-state index in [9.17, 15) is 4.79 Å². The van der Waals surface area contributed by atoms with Gasteiger partial charge < -0.3 is 4.74 Å². The SMILES string of the molecule is Cc1cc(OC(C)C)ccc1PC(=O)c1c(C)cccc1Cl.[LiH]. The topological polar surface area (TPSA) is 26.3 Å². The molecular weight excluding hydrogens is 322 g/mol. The molecule has 2 aromatic carbocycles. The third-order valence-electron chi connectivity index (χ3n) is 3.27. The zero-order valence-corrected chi connectivity index (χ0v) is 15.0. The van der Waals surface area contributed by atoms with Crippen molar-refractivity contribution in [3.8, 4) is 5.75 Å². The molecule has 0 bridgehead atoms. The third-order valence-corrected chi connectivity index (χ3v) is 4.89. The summed E-state index contributed by atoms with van der Waals surface area (Å²) in [5.74, 6) is 0.836. The zero-order valence-electron chi connectivity index (χ0n) is 13.2. The van der Waals surface area contributed by atoms with Crippen LogP contribution in [0, 0.1) is 13.8 Å². The number of rotatable bonds is 5. The number of benzene rings is 2. The van der Waals surface area contributed by atoms with Crippen molar-refractivity contribution < 1.29 is 9.53 Å². The first-order chi connectivity index (χ1) is 10.4. The minimum absolute atomic E-state index is 0. The molecule has 0 aliphatic heterocycles. The number of halogens is 1. The van der Waals surface area contributed by atoms with Crippen LogP contribution in [0.2, 0.25) is 5.02 Å². The molecular formula is C18H21ClLiO2P. The molecule has 0 saturated carbocycles. The fourth-order valence-electron chi connectivity index (χ4n) is 2.23. The Hall–Kier alpha value is -0.773. The molecule has 5 heteroatoms. The van der Waals surface area contributed by atoms with Gasteiger partial charge in [0.15, 0.2) is 5.52 Å². The second-order valence-electron chi connectivity index (χ2n) is 5.53. The standard InChI is InChI=1S/C18H20ClO2P.Li.H/c1-11(2)21-14-8-9-16(13(4)10-14)22-18(20)17-12(3)6-5-7-15(17)19;;/h5-11,22H,1-4H3;;. The van der Waals surface area contributed by atoms with Crippen LogP contribution in [0.5, 0.6) is 5.75 Å². The number of aryl methyl sites for hydroxylation is 2. The van der Waals surface area contributed by atoms with Crippen LogP contribution in [0.25, 0.3) is 0 Å². The monoisotopic (exact) mass is 342 g/mol. The van der Waals surface area contributed by atoms with Gasteiger partial charge in [-0.3, -0.25) is 4.79 Å². The molecule has 118 valence electrons. The van der Waals surface area contributed by atoms with Gasteiger partial charge in [-0.15, -0.1) is 0 Å². The third kappa shape index (κ3) is 5.37. The average molecular weight is 343 g/mol. The van der Waals surface area contributed by atoms with Gasteiger partial charge in [0.25, 0.3) is 0 Å². The Morgan fingerprint density at radius 2 is 1.83 bits per heavy atom. The molecule has 0 heterocycles. The van der Waals surface area contributed by atoms with Crippen LogP contribution >= 0.6 is 20.2 Å². The van der Waals surface area contributed by atoms with E-state index in [1.54, 1.807) is 6.07 Å². The van der Waals surface area contributed by atoms with Crippen molar-refractivity contribution in [1.29, 1.82) is 0 Å². The predicted molar refractivity (Wildman–Crippen MR) is 103 cm³/mol. The molecule has 0 saturated heterocycles. The van der Waals surface area contributed by atoms with Gasteiger partial charge in [-0.1, -0.05) is 29.8 Å². The summed E-state index contributed by atoms with van der Waals surface area (Å²) >= 11 is 6.18. The molecule has 0 radical (unpaired) electrons. The van der Waals surface area contributed by atoms with Crippen LogP contribution in [0.15, 0.2) is 36.4 Å². The van der Waals surface area contributed by atoms with Crippen LogP contribution < -0.4 is 10.0 Å². The summed E-state index contributed by atoms with van der Waals surface area (Å²) in [5, 5.41) is 1.55. The van der Waals surface area contributed by atoms with Gasteiger partial charge in [0.05, 0.1) is 11.1 Å². The molecule has 0 aliphatic rings. The van der Waals surface area contributed by atoms with Gasteiger partial charge in [-0.25, -0.2) is 0 Å². The van der Waals surface area contributed by atoms with Gasteiger partial charge >= 0.3 is 18.9 Å². The van der Waals surface area contributed by atoms with Crippen LogP contribution in [0.3, 0.4) is 0 Å². The van der Waals surface area contributed by atoms with Gasteiger partial charge in [0.2, 0.25) is 0 Å². The fraction of sp³-hybridized carbons (Fsp3) is 0.278. The van der Waals surface area contributed by atoms with Crippen molar-refractivity contribution in [2.24, 2.45) is 0 Å². The maximum absolute atomic E-state index is 12.6. The van der Waals surface area contributed by atoms with Gasteiger partial charge in [-0.2, -0.15) is 0 Å². The summed E-state index contributed by atoms with van der Waals surface area (Å²) in [5.41, 5.74) is 2.69. The molecule has 0 aliphatic carbocycles. The van der Waals surface area contributed by atoms with E-state index in [1.807, 2.05) is 58.0 Å². The molecule has 0 aromatic heterocycles. The number of ether oxygens (including phenoxy) is 1. The molecule has 2 aromatic rings. The van der Waals surface area contributed by atoms with Crippen molar-refractivity contribution >= 4 is 49.9 Å². The predicted octanol–water partition coefficient (Wildman–Crippen LogP) is 4.24. The first-order valence-electron chi connectivity index (χ1n) is 7.22. The molecule has 1 unspecified atom stereocenters. The van der Waals surface area contributed by atoms with Crippen molar-refractivity contribution in [2.75, 3.05) is 0 Å². The quantitative estimate of drug-likeness (QED) is 0.600. The van der Waals surface area contributed by atoms with E-state index >= 15 is 0 Å². The molecule has 1 atom stereocenters. The maximum atomic E-state index is 12.6. The molecule has 0 spiro atoms. The fourth-order valence-corrected chi connectivity index (χ4v) is 3.75. The number of carbonyl (C=O) groups excluding carboxylic acids is 1. The second-order valence-corrected chi connectivity index (χ2v) is 7.18. The zero-order chi connectivity index (χ0) is 16.3. The Morgan fingerprint density at radius 3 is 2.39 bits per heavy atom. The summed E-state index contributed by atoms with van der Waals surface area (Å²) in [4.78, 5) is 12.6. The van der Waals surface area contributed by atoms with Crippen molar-refractivity contribution in [2.45, 2.75) is 33.8 Å². The summed E-state index contributed by atoms with van der Waals surface area (Å²) in [6.45, 7) is 7.90. The Balaban J connectivity index is 0.00000264. The first-order valence-corrected chi connectivity index (χ1v) is 8.60. The average Bonchev–Trinajstić information content (AvgIpc) is 2.41. The Morgan fingerprint density at radius 1 is 1.13 bits per heavy atom. The molecule has 0 fully saturated rings. The number of hydrogen-bond acceptors (Lipinski definition) is 2. The Kier molecular flexibility index (Phi) is 7.85. The Bertz CT molecular complexity index is 681. The van der Waals surface area contributed by atoms with Crippen molar-refractivity contribution in [1.82, 2.24) is 0 Å². The van der Waals surface area contributed by atoms with E-state index in [4.69, 9.17) is 16.3 Å². The first kappa shape index (κ1) is 20.3. The van der Waals surface area contributed by atoms with E-state index < -0.39 is 0 Å². The minimum atomic E-state index is 0. The molecule has 0 N–H and O–H groups in total. The number of carbonyl (C=O) groups is 1. The van der Waals surface area contributed by atoms with Gasteiger partial charge in [0, 0.05) is 5.56 Å². The molecule has 23 heavy (non-hydrogen) atoms. The second kappa shape index (κ2) is 8.91. The molecule has 2 nitrogen and oxygen atoms in total. The van der Waals surface area contributed by atoms with E-state index in [2.05, 4.69) is 0 Å². The summed E-state index contributed by atoms with van der Waals surface area (Å²) in [7, 11) is 0.0607. The van der Waals surface area contributed by atoms with Crippen LogP contribution in [-0.4, -0.2) is 30.5 Å². The van der Waals surface area contributed by atoms with Crippen LogP contribution in [0.4, 0.5) is 0 Å². The summed E-state index contributed by atoms with van der Waals surface area (Å²) < 4.78 is 5.67. The van der Waals surface area contributed by atoms with E-state index in [0.717, 1.165) is 22.2 Å². The van der Waals surface area contributed by atoms with E-state index in [1.165, 1.54) is 0 Å². The molecule has 0 amide bonds. The molecule has 2 rings (SSSR count). The van der Waals surface area contributed by atoms with Crippen LogP contribution in [0.1, 0.15) is 35.3 Å². The Labute approximate surface area is 156 Å². The van der Waals surface area contributed by atoms with E-state index in [-0.39, 0.29) is 39.1 Å². The van der Waals surface area contributed by atoms with Crippen LogP contribution in [-0.2, 0) is 0 Å². The summed E-state index contributed by atoms with van der Waals surface area (Å²) in [6, 6.07) is 11.4. The van der Waals surface area contributed by atoms with Gasteiger partial charge in [-0.05, 0) is 70.9 Å². The van der Waals surface area contributed by atoms with E-state index in [0.29, 0.717) is 10.6 Å². The van der Waals surface area contributed by atoms with Gasteiger partial charge in [0.1, 0.15) is 5.75 Å². The van der Waals surface area contributed by atoms with Crippen molar-refractivity contribution in [3.05, 3.63) is 58.1 Å². The number of hydrogen-bond donors (Lipinski definition) is 0. The van der Waals surface area contributed by atoms with Crippen molar-refractivity contribution in [3.63, 3.8) is 0 Å². The normalized spacial score (nSPS) is 10.9.